The molecule has 1 fully saturated rings. The van der Waals surface area contributed by atoms with Gasteiger partial charge in [-0.05, 0) is 31.0 Å². The second kappa shape index (κ2) is 3.34. The van der Waals surface area contributed by atoms with E-state index in [-0.39, 0.29) is 5.54 Å². The number of hydrogen-bond acceptors (Lipinski definition) is 2. The van der Waals surface area contributed by atoms with Gasteiger partial charge in [0.05, 0.1) is 17.6 Å². The fourth-order valence-electron chi connectivity index (χ4n) is 1.75. The number of hydrogen-bond donors (Lipinski definition) is 1. The van der Waals surface area contributed by atoms with Crippen LogP contribution < -0.4 is 5.73 Å². The molecule has 82 valence electrons. The molecule has 3 nitrogen and oxygen atoms in total. The van der Waals surface area contributed by atoms with Crippen molar-refractivity contribution in [2.45, 2.75) is 18.4 Å². The Hall–Kier alpha value is -1.32. The molecule has 0 spiro atoms. The first-order chi connectivity index (χ1) is 7.67. The summed E-state index contributed by atoms with van der Waals surface area (Å²) in [7, 11) is 0. The van der Waals surface area contributed by atoms with E-state index < -0.39 is 0 Å². The molecule has 1 aromatic heterocycles. The molecule has 0 bridgehead atoms. The Kier molecular flexibility index (Phi) is 2.06. The highest BCUT2D eigenvalue weighted by atomic mass is 35.5. The first-order valence-electron chi connectivity index (χ1n) is 5.27. The van der Waals surface area contributed by atoms with Gasteiger partial charge in [-0.1, -0.05) is 17.7 Å². The smallest absolute Gasteiger partial charge is 0.0996 e. The Morgan fingerprint density at radius 2 is 2.19 bits per heavy atom. The van der Waals surface area contributed by atoms with Gasteiger partial charge in [-0.3, -0.25) is 0 Å². The lowest BCUT2D eigenvalue weighted by atomic mass is 10.2. The van der Waals surface area contributed by atoms with E-state index in [2.05, 4.69) is 4.98 Å². The Bertz CT molecular complexity index is 529. The Labute approximate surface area is 98.9 Å². The van der Waals surface area contributed by atoms with Crippen molar-refractivity contribution in [2.75, 3.05) is 0 Å². The normalized spacial score (nSPS) is 17.4. The van der Waals surface area contributed by atoms with Crippen LogP contribution in [0.25, 0.3) is 5.69 Å². The third-order valence-corrected chi connectivity index (χ3v) is 3.22. The number of aromatic nitrogens is 2. The van der Waals surface area contributed by atoms with E-state index in [1.165, 1.54) is 0 Å². The van der Waals surface area contributed by atoms with Gasteiger partial charge in [0.25, 0.3) is 0 Å². The molecule has 1 aliphatic rings. The maximum atomic E-state index is 6.09. The van der Waals surface area contributed by atoms with Crippen LogP contribution >= 0.6 is 11.6 Å². The molecule has 2 N–H and O–H groups in total. The summed E-state index contributed by atoms with van der Waals surface area (Å²) in [4.78, 5) is 4.35. The van der Waals surface area contributed by atoms with Crippen LogP contribution in [0.1, 0.15) is 18.5 Å². The van der Waals surface area contributed by atoms with E-state index in [1.54, 1.807) is 6.33 Å². The number of benzene rings is 1. The molecule has 0 amide bonds. The van der Waals surface area contributed by atoms with Crippen LogP contribution in [0.15, 0.2) is 36.8 Å². The molecule has 4 heteroatoms. The molecule has 1 saturated carbocycles. The van der Waals surface area contributed by atoms with Crippen molar-refractivity contribution in [3.8, 4) is 5.69 Å². The van der Waals surface area contributed by atoms with Crippen molar-refractivity contribution >= 4 is 11.6 Å². The van der Waals surface area contributed by atoms with Gasteiger partial charge < -0.3 is 10.3 Å². The van der Waals surface area contributed by atoms with Crippen LogP contribution in [0.4, 0.5) is 0 Å². The minimum absolute atomic E-state index is 0.177. The molecule has 0 radical (unpaired) electrons. The van der Waals surface area contributed by atoms with Gasteiger partial charge in [0.15, 0.2) is 0 Å². The second-order valence-electron chi connectivity index (χ2n) is 4.30. The third kappa shape index (κ3) is 1.62. The standard InChI is InChI=1S/C12H12ClN3/c13-9-2-1-3-10(6-9)16-7-11(15-8-16)12(14)4-5-12/h1-3,6-8H,4-5,14H2. The highest BCUT2D eigenvalue weighted by Crippen LogP contribution is 2.41. The van der Waals surface area contributed by atoms with Gasteiger partial charge in [-0.15, -0.1) is 0 Å². The summed E-state index contributed by atoms with van der Waals surface area (Å²) in [6, 6.07) is 7.68. The van der Waals surface area contributed by atoms with Crippen LogP contribution in [-0.2, 0) is 5.54 Å². The first kappa shape index (κ1) is 9.87. The van der Waals surface area contributed by atoms with Crippen LogP contribution in [0.3, 0.4) is 0 Å². The predicted octanol–water partition coefficient (Wildman–Crippen LogP) is 2.47. The summed E-state index contributed by atoms with van der Waals surface area (Å²) >= 11 is 5.95. The third-order valence-electron chi connectivity index (χ3n) is 2.99. The molecular formula is C12H12ClN3. The maximum absolute atomic E-state index is 6.09. The number of nitrogens with two attached hydrogens (primary N) is 1. The van der Waals surface area contributed by atoms with Gasteiger partial charge in [0.2, 0.25) is 0 Å². The highest BCUT2D eigenvalue weighted by molar-refractivity contribution is 6.30. The molecule has 1 aromatic carbocycles. The van der Waals surface area contributed by atoms with E-state index >= 15 is 0 Å². The fourth-order valence-corrected chi connectivity index (χ4v) is 1.93. The highest BCUT2D eigenvalue weighted by Gasteiger charge is 2.42. The van der Waals surface area contributed by atoms with Crippen molar-refractivity contribution in [1.82, 2.24) is 9.55 Å². The lowest BCUT2D eigenvalue weighted by Crippen LogP contribution is -2.18. The molecule has 0 saturated heterocycles. The van der Waals surface area contributed by atoms with E-state index in [9.17, 15) is 0 Å². The summed E-state index contributed by atoms with van der Waals surface area (Å²) in [6.07, 6.45) is 5.83. The monoisotopic (exact) mass is 233 g/mol. The van der Waals surface area contributed by atoms with Crippen LogP contribution in [0.2, 0.25) is 5.02 Å². The summed E-state index contributed by atoms with van der Waals surface area (Å²) in [5.74, 6) is 0. The van der Waals surface area contributed by atoms with Crippen molar-refractivity contribution in [1.29, 1.82) is 0 Å². The minimum Gasteiger partial charge on any atom is -0.320 e. The van der Waals surface area contributed by atoms with Crippen LogP contribution in [-0.4, -0.2) is 9.55 Å². The molecule has 0 atom stereocenters. The van der Waals surface area contributed by atoms with E-state index in [4.69, 9.17) is 17.3 Å². The lowest BCUT2D eigenvalue weighted by Gasteiger charge is -2.03. The Balaban J connectivity index is 1.98. The molecule has 16 heavy (non-hydrogen) atoms. The topological polar surface area (TPSA) is 43.8 Å². The molecule has 1 heterocycles. The quantitative estimate of drug-likeness (QED) is 0.866. The predicted molar refractivity (Wildman–Crippen MR) is 63.7 cm³/mol. The summed E-state index contributed by atoms with van der Waals surface area (Å²) in [5, 5.41) is 0.724. The molecule has 2 aromatic rings. The van der Waals surface area contributed by atoms with Crippen LogP contribution in [0, 0.1) is 0 Å². The maximum Gasteiger partial charge on any atom is 0.0996 e. The second-order valence-corrected chi connectivity index (χ2v) is 4.74. The van der Waals surface area contributed by atoms with Gasteiger partial charge in [0.1, 0.15) is 0 Å². The van der Waals surface area contributed by atoms with E-state index in [1.807, 2.05) is 35.0 Å². The summed E-state index contributed by atoms with van der Waals surface area (Å²) in [6.45, 7) is 0. The molecular weight excluding hydrogens is 222 g/mol. The molecule has 1 aliphatic carbocycles. The number of halogens is 1. The Morgan fingerprint density at radius 3 is 2.88 bits per heavy atom. The molecule has 0 aliphatic heterocycles. The van der Waals surface area contributed by atoms with Crippen molar-refractivity contribution in [3.05, 3.63) is 47.5 Å². The van der Waals surface area contributed by atoms with Gasteiger partial charge in [-0.25, -0.2) is 4.98 Å². The zero-order chi connectivity index (χ0) is 11.2. The van der Waals surface area contributed by atoms with E-state index in [0.717, 1.165) is 29.2 Å². The van der Waals surface area contributed by atoms with Crippen molar-refractivity contribution in [2.24, 2.45) is 5.73 Å². The number of imidazole rings is 1. The summed E-state index contributed by atoms with van der Waals surface area (Å²) in [5.41, 5.74) is 7.89. The zero-order valence-corrected chi connectivity index (χ0v) is 9.48. The number of rotatable bonds is 2. The lowest BCUT2D eigenvalue weighted by molar-refractivity contribution is 0.713. The fraction of sp³-hybridized carbons (Fsp3) is 0.250. The van der Waals surface area contributed by atoms with E-state index in [0.29, 0.717) is 0 Å². The van der Waals surface area contributed by atoms with Crippen LogP contribution in [0.5, 0.6) is 0 Å². The Morgan fingerprint density at radius 1 is 1.38 bits per heavy atom. The van der Waals surface area contributed by atoms with Gasteiger partial charge >= 0.3 is 0 Å². The van der Waals surface area contributed by atoms with Gasteiger partial charge in [0, 0.05) is 16.9 Å². The first-order valence-corrected chi connectivity index (χ1v) is 5.64. The van der Waals surface area contributed by atoms with Crippen molar-refractivity contribution < 1.29 is 0 Å². The molecule has 0 unspecified atom stereocenters. The average Bonchev–Trinajstić information content (AvgIpc) is 2.83. The minimum atomic E-state index is -0.177. The average molecular weight is 234 g/mol. The van der Waals surface area contributed by atoms with Gasteiger partial charge in [-0.2, -0.15) is 0 Å². The number of nitrogens with zero attached hydrogens (tertiary/aromatic N) is 2. The zero-order valence-electron chi connectivity index (χ0n) is 8.73. The SMILES string of the molecule is NC1(c2cn(-c3cccc(Cl)c3)cn2)CC1. The molecule has 3 rings (SSSR count). The largest absolute Gasteiger partial charge is 0.320 e. The summed E-state index contributed by atoms with van der Waals surface area (Å²) < 4.78 is 1.95. The van der Waals surface area contributed by atoms with Crippen molar-refractivity contribution in [3.63, 3.8) is 0 Å².